The van der Waals surface area contributed by atoms with E-state index in [9.17, 15) is 27.9 Å². The Morgan fingerprint density at radius 2 is 1.97 bits per heavy atom. The van der Waals surface area contributed by atoms with Crippen LogP contribution < -0.4 is 16.4 Å². The van der Waals surface area contributed by atoms with Gasteiger partial charge < -0.3 is 21.1 Å². The van der Waals surface area contributed by atoms with E-state index >= 15 is 0 Å². The number of carboxylic acids is 1. The predicted molar refractivity (Wildman–Crippen MR) is 140 cm³/mol. The maximum atomic E-state index is 12.9. The van der Waals surface area contributed by atoms with E-state index in [0.29, 0.717) is 67.3 Å². The molecule has 0 saturated carbocycles. The molecular weight excluding hydrogens is 520 g/mol. The average molecular weight is 549 g/mol. The van der Waals surface area contributed by atoms with Crippen molar-refractivity contribution in [2.24, 2.45) is 5.73 Å². The number of amides is 2. The van der Waals surface area contributed by atoms with E-state index in [-0.39, 0.29) is 22.6 Å². The highest BCUT2D eigenvalue weighted by Gasteiger charge is 2.26. The second-order valence-electron chi connectivity index (χ2n) is 8.84. The molecule has 4 rings (SSSR count). The van der Waals surface area contributed by atoms with Crippen LogP contribution in [0.5, 0.6) is 0 Å². The first kappa shape index (κ1) is 26.7. The van der Waals surface area contributed by atoms with Crippen LogP contribution in [0.2, 0.25) is 0 Å². The number of aromatic carboxylic acids is 1. The number of aromatic nitrogens is 2. The zero-order valence-corrected chi connectivity index (χ0v) is 21.7. The molecule has 37 heavy (non-hydrogen) atoms. The van der Waals surface area contributed by atoms with E-state index in [2.05, 4.69) is 20.6 Å². The van der Waals surface area contributed by atoms with Gasteiger partial charge in [-0.1, -0.05) is 0 Å². The number of hydrogen-bond acceptors (Lipinski definition) is 8. The Balaban J connectivity index is 1.42. The van der Waals surface area contributed by atoms with Crippen LogP contribution in [-0.4, -0.2) is 77.5 Å². The van der Waals surface area contributed by atoms with Gasteiger partial charge >= 0.3 is 5.97 Å². The number of anilines is 1. The number of carbonyl (C=O) groups is 3. The van der Waals surface area contributed by atoms with E-state index < -0.39 is 27.8 Å². The maximum absolute atomic E-state index is 12.9. The Kier molecular flexibility index (Phi) is 7.92. The van der Waals surface area contributed by atoms with Crippen molar-refractivity contribution in [2.75, 3.05) is 31.2 Å². The van der Waals surface area contributed by atoms with Crippen molar-refractivity contribution in [3.63, 3.8) is 0 Å². The summed E-state index contributed by atoms with van der Waals surface area (Å²) >= 11 is 1.10. The van der Waals surface area contributed by atoms with E-state index in [0.717, 1.165) is 11.3 Å². The van der Waals surface area contributed by atoms with Crippen molar-refractivity contribution in [1.29, 1.82) is 0 Å². The minimum absolute atomic E-state index is 0.0820. The quantitative estimate of drug-likeness (QED) is 0.267. The Morgan fingerprint density at radius 3 is 2.62 bits per heavy atom. The summed E-state index contributed by atoms with van der Waals surface area (Å²) in [6.07, 6.45) is 3.24. The van der Waals surface area contributed by atoms with Gasteiger partial charge in [0.2, 0.25) is 10.0 Å². The van der Waals surface area contributed by atoms with Crippen molar-refractivity contribution in [3.05, 3.63) is 46.1 Å². The van der Waals surface area contributed by atoms with Gasteiger partial charge in [-0.3, -0.25) is 14.9 Å². The van der Waals surface area contributed by atoms with Crippen LogP contribution >= 0.6 is 11.3 Å². The van der Waals surface area contributed by atoms with Gasteiger partial charge in [-0.25, -0.2) is 22.5 Å². The van der Waals surface area contributed by atoms with Crippen LogP contribution in [0.4, 0.5) is 5.13 Å². The number of H-pyrrole nitrogens is 1. The molecule has 1 aliphatic heterocycles. The number of nitrogens with two attached hydrogens (primary N) is 1. The molecule has 0 spiro atoms. The van der Waals surface area contributed by atoms with Crippen LogP contribution in [0.1, 0.15) is 56.2 Å². The monoisotopic (exact) mass is 548 g/mol. The summed E-state index contributed by atoms with van der Waals surface area (Å²) in [5, 5.41) is 17.5. The van der Waals surface area contributed by atoms with Crippen molar-refractivity contribution in [3.8, 4) is 0 Å². The number of aromatic amines is 1. The fraction of sp³-hybridized carbons (Fsp3) is 0.391. The van der Waals surface area contributed by atoms with Gasteiger partial charge in [-0.15, -0.1) is 11.3 Å². The smallest absolute Gasteiger partial charge is 0.352 e. The summed E-state index contributed by atoms with van der Waals surface area (Å²) in [6, 6.07) is 4.70. The van der Waals surface area contributed by atoms with Crippen molar-refractivity contribution in [2.45, 2.75) is 31.7 Å². The number of rotatable bonds is 9. The lowest BCUT2D eigenvalue weighted by molar-refractivity contribution is 0.0689. The molecule has 3 heterocycles. The maximum Gasteiger partial charge on any atom is 0.352 e. The third kappa shape index (κ3) is 6.15. The lowest BCUT2D eigenvalue weighted by Crippen LogP contribution is -2.46. The molecule has 3 aromatic rings. The van der Waals surface area contributed by atoms with Crippen molar-refractivity contribution in [1.82, 2.24) is 19.6 Å². The first-order valence-electron chi connectivity index (χ1n) is 11.7. The summed E-state index contributed by atoms with van der Waals surface area (Å²) < 4.78 is 24.7. The number of sulfonamides is 1. The minimum atomic E-state index is -3.25. The number of carbonyl (C=O) groups excluding carboxylic acids is 2. The van der Waals surface area contributed by atoms with Crippen molar-refractivity contribution < 1.29 is 27.9 Å². The molecule has 0 radical (unpaired) electrons. The standard InChI is InChI=1S/C23H28N6O6S2/c1-37(34,35)29-9-6-14(7-10-29)25-21(31)18-12-36-23(27-18)28-20(30)13-4-5-17-16(11-13)15(3-2-8-24)19(26-17)22(32)33/h4-5,11-12,14,26H,2-3,6-10,24H2,1H3,(H,25,31)(H,32,33)(H,27,28,30). The molecular formula is C23H28N6O6S2. The highest BCUT2D eigenvalue weighted by atomic mass is 32.2. The number of hydrogen-bond donors (Lipinski definition) is 5. The van der Waals surface area contributed by atoms with Gasteiger partial charge in [0.05, 0.1) is 6.26 Å². The summed E-state index contributed by atoms with van der Waals surface area (Å²) in [6.45, 7) is 1.09. The van der Waals surface area contributed by atoms with Crippen LogP contribution in [0.25, 0.3) is 10.9 Å². The number of benzene rings is 1. The van der Waals surface area contributed by atoms with E-state index in [1.54, 1.807) is 18.2 Å². The molecule has 1 fully saturated rings. The first-order valence-corrected chi connectivity index (χ1v) is 14.4. The highest BCUT2D eigenvalue weighted by molar-refractivity contribution is 7.88. The van der Waals surface area contributed by atoms with Crippen LogP contribution in [0.15, 0.2) is 23.6 Å². The Labute approximate surface area is 217 Å². The van der Waals surface area contributed by atoms with Crippen LogP contribution in [-0.2, 0) is 16.4 Å². The summed E-state index contributed by atoms with van der Waals surface area (Å²) in [7, 11) is -3.25. The molecule has 0 atom stereocenters. The molecule has 0 unspecified atom stereocenters. The lowest BCUT2D eigenvalue weighted by Gasteiger charge is -2.30. The predicted octanol–water partition coefficient (Wildman–Crippen LogP) is 1.62. The van der Waals surface area contributed by atoms with Gasteiger partial charge in [0.15, 0.2) is 5.13 Å². The van der Waals surface area contributed by atoms with Gasteiger partial charge in [0, 0.05) is 41.0 Å². The number of fused-ring (bicyclic) bond motifs is 1. The first-order chi connectivity index (χ1) is 17.6. The Hall–Kier alpha value is -3.33. The molecule has 6 N–H and O–H groups in total. The molecule has 1 saturated heterocycles. The topological polar surface area (TPSA) is 188 Å². The molecule has 12 nitrogen and oxygen atoms in total. The number of nitrogens with one attached hydrogen (secondary N) is 3. The molecule has 2 aromatic heterocycles. The number of thiazole rings is 1. The second kappa shape index (κ2) is 11.0. The summed E-state index contributed by atoms with van der Waals surface area (Å²) in [5.74, 6) is -1.92. The number of piperidine rings is 1. The van der Waals surface area contributed by atoms with Crippen LogP contribution in [0, 0.1) is 0 Å². The molecule has 0 aliphatic carbocycles. The van der Waals surface area contributed by atoms with Gasteiger partial charge in [-0.05, 0) is 56.0 Å². The van der Waals surface area contributed by atoms with Crippen LogP contribution in [0.3, 0.4) is 0 Å². The SMILES string of the molecule is CS(=O)(=O)N1CCC(NC(=O)c2csc(NC(=O)c3ccc4[nH]c(C(=O)O)c(CCCN)c4c3)n2)CC1. The van der Waals surface area contributed by atoms with Crippen molar-refractivity contribution >= 4 is 55.2 Å². The number of carboxylic acid groups (broad SMARTS) is 1. The normalized spacial score (nSPS) is 15.1. The summed E-state index contributed by atoms with van der Waals surface area (Å²) in [5.41, 5.74) is 7.35. The second-order valence-corrected chi connectivity index (χ2v) is 11.7. The zero-order valence-electron chi connectivity index (χ0n) is 20.1. The minimum Gasteiger partial charge on any atom is -0.477 e. The zero-order chi connectivity index (χ0) is 26.7. The number of aryl methyl sites for hydroxylation is 1. The fourth-order valence-corrected chi connectivity index (χ4v) is 5.87. The Morgan fingerprint density at radius 1 is 1.24 bits per heavy atom. The average Bonchev–Trinajstić information content (AvgIpc) is 3.47. The van der Waals surface area contributed by atoms with Gasteiger partial charge in [0.1, 0.15) is 11.4 Å². The molecule has 198 valence electrons. The van der Waals surface area contributed by atoms with E-state index in [4.69, 9.17) is 5.73 Å². The molecule has 1 aliphatic rings. The van der Waals surface area contributed by atoms with E-state index in [1.807, 2.05) is 0 Å². The van der Waals surface area contributed by atoms with Gasteiger partial charge in [0.25, 0.3) is 11.8 Å². The Bertz CT molecular complexity index is 1440. The fourth-order valence-electron chi connectivity index (χ4n) is 4.31. The highest BCUT2D eigenvalue weighted by Crippen LogP contribution is 2.26. The molecule has 2 amide bonds. The third-order valence-electron chi connectivity index (χ3n) is 6.23. The molecule has 14 heteroatoms. The van der Waals surface area contributed by atoms with Gasteiger partial charge in [-0.2, -0.15) is 0 Å². The summed E-state index contributed by atoms with van der Waals surface area (Å²) in [4.78, 5) is 44.2. The third-order valence-corrected chi connectivity index (χ3v) is 8.29. The van der Waals surface area contributed by atoms with E-state index in [1.165, 1.54) is 15.9 Å². The lowest BCUT2D eigenvalue weighted by atomic mass is 10.0. The number of nitrogens with zero attached hydrogens (tertiary/aromatic N) is 2. The molecule has 1 aromatic carbocycles. The largest absolute Gasteiger partial charge is 0.477 e. The molecule has 0 bridgehead atoms.